The average molecular weight is 487 g/mol. The zero-order valence-electron chi connectivity index (χ0n) is 19.2. The number of anilines is 1. The number of benzene rings is 2. The lowest BCUT2D eigenvalue weighted by Crippen LogP contribution is -2.44. The number of rotatable bonds is 11. The highest BCUT2D eigenvalue weighted by molar-refractivity contribution is 5.90. The Hall–Kier alpha value is -4.35. The molecule has 0 aliphatic carbocycles. The van der Waals surface area contributed by atoms with Gasteiger partial charge in [0.2, 0.25) is 5.91 Å². The van der Waals surface area contributed by atoms with Crippen LogP contribution < -0.4 is 24.4 Å². The number of non-ortho nitro benzene ring substituents is 1. The number of nitro benzene ring substituents is 1. The summed E-state index contributed by atoms with van der Waals surface area (Å²) >= 11 is 0. The minimum Gasteiger partial charge on any atom is -0.493 e. The smallest absolute Gasteiger partial charge is 0.331 e. The zero-order valence-corrected chi connectivity index (χ0v) is 19.2. The van der Waals surface area contributed by atoms with Gasteiger partial charge in [0.1, 0.15) is 6.54 Å². The van der Waals surface area contributed by atoms with Gasteiger partial charge in [-0.3, -0.25) is 19.7 Å². The van der Waals surface area contributed by atoms with Gasteiger partial charge in [0, 0.05) is 6.07 Å². The standard InChI is InChI=1S/C23H25N3O9/c1-3-8-34-18-7-4-14(9-20(18)33-2)16(11-22(28)29)24-21(27)12-25-13-23(30)35-19-10-15(26(31)32)5-6-17(19)25/h4-7,9-10,16H,3,8,11-13H2,1-2H3,(H,24,27)(H,28,29). The van der Waals surface area contributed by atoms with Crippen molar-refractivity contribution in [2.24, 2.45) is 0 Å². The second-order valence-corrected chi connectivity index (χ2v) is 7.72. The number of carbonyl (C=O) groups excluding carboxylic acids is 2. The zero-order chi connectivity index (χ0) is 25.5. The minimum absolute atomic E-state index is 0.0299. The van der Waals surface area contributed by atoms with E-state index in [9.17, 15) is 29.6 Å². The van der Waals surface area contributed by atoms with Crippen molar-refractivity contribution in [3.63, 3.8) is 0 Å². The Labute approximate surface area is 200 Å². The molecule has 12 heteroatoms. The molecule has 0 saturated carbocycles. The monoisotopic (exact) mass is 487 g/mol. The van der Waals surface area contributed by atoms with Gasteiger partial charge in [0.25, 0.3) is 5.69 Å². The molecule has 2 aromatic rings. The lowest BCUT2D eigenvalue weighted by Gasteiger charge is -2.29. The largest absolute Gasteiger partial charge is 0.493 e. The maximum absolute atomic E-state index is 12.9. The molecule has 1 amide bonds. The van der Waals surface area contributed by atoms with Crippen LogP contribution in [-0.4, -0.2) is 54.7 Å². The number of fused-ring (bicyclic) bond motifs is 1. The molecule has 0 spiro atoms. The van der Waals surface area contributed by atoms with Crippen LogP contribution in [0.5, 0.6) is 17.2 Å². The molecular formula is C23H25N3O9. The van der Waals surface area contributed by atoms with Gasteiger partial charge in [-0.2, -0.15) is 0 Å². The van der Waals surface area contributed by atoms with Crippen LogP contribution in [0.3, 0.4) is 0 Å². The highest BCUT2D eigenvalue weighted by Crippen LogP contribution is 2.35. The maximum atomic E-state index is 12.9. The summed E-state index contributed by atoms with van der Waals surface area (Å²) in [5.41, 5.74) is 0.569. The van der Waals surface area contributed by atoms with Gasteiger partial charge in [0.05, 0.1) is 49.4 Å². The molecule has 1 unspecified atom stereocenters. The molecule has 1 heterocycles. The molecule has 0 fully saturated rings. The van der Waals surface area contributed by atoms with Gasteiger partial charge in [0.15, 0.2) is 17.2 Å². The Morgan fingerprint density at radius 1 is 1.26 bits per heavy atom. The van der Waals surface area contributed by atoms with Crippen LogP contribution in [0.15, 0.2) is 36.4 Å². The second-order valence-electron chi connectivity index (χ2n) is 7.72. The van der Waals surface area contributed by atoms with E-state index in [1.807, 2.05) is 6.92 Å². The molecular weight excluding hydrogens is 462 g/mol. The van der Waals surface area contributed by atoms with E-state index in [0.29, 0.717) is 29.4 Å². The van der Waals surface area contributed by atoms with Gasteiger partial charge < -0.3 is 29.5 Å². The van der Waals surface area contributed by atoms with Crippen LogP contribution >= 0.6 is 0 Å². The Bertz CT molecular complexity index is 1140. The summed E-state index contributed by atoms with van der Waals surface area (Å²) in [5.74, 6) is -1.50. The number of nitrogens with one attached hydrogen (secondary N) is 1. The first kappa shape index (κ1) is 25.3. The van der Waals surface area contributed by atoms with Crippen LogP contribution in [0.4, 0.5) is 11.4 Å². The lowest BCUT2D eigenvalue weighted by atomic mass is 10.0. The van der Waals surface area contributed by atoms with Gasteiger partial charge in [-0.1, -0.05) is 13.0 Å². The number of hydrogen-bond acceptors (Lipinski definition) is 9. The van der Waals surface area contributed by atoms with Crippen LogP contribution in [0.2, 0.25) is 0 Å². The molecule has 1 atom stereocenters. The van der Waals surface area contributed by atoms with Crippen molar-refractivity contribution in [2.45, 2.75) is 25.8 Å². The van der Waals surface area contributed by atoms with Crippen LogP contribution in [0.25, 0.3) is 0 Å². The molecule has 0 radical (unpaired) electrons. The molecule has 186 valence electrons. The van der Waals surface area contributed by atoms with Crippen LogP contribution in [-0.2, 0) is 14.4 Å². The van der Waals surface area contributed by atoms with Crippen molar-refractivity contribution in [3.05, 3.63) is 52.1 Å². The predicted molar refractivity (Wildman–Crippen MR) is 123 cm³/mol. The summed E-state index contributed by atoms with van der Waals surface area (Å²) in [6, 6.07) is 7.75. The fraction of sp³-hybridized carbons (Fsp3) is 0.348. The third-order valence-corrected chi connectivity index (χ3v) is 5.14. The topological polar surface area (TPSA) is 158 Å². The van der Waals surface area contributed by atoms with E-state index in [1.54, 1.807) is 18.2 Å². The van der Waals surface area contributed by atoms with Crippen molar-refractivity contribution < 1.29 is 38.6 Å². The van der Waals surface area contributed by atoms with Crippen molar-refractivity contribution >= 4 is 29.2 Å². The fourth-order valence-electron chi connectivity index (χ4n) is 3.57. The first-order valence-corrected chi connectivity index (χ1v) is 10.8. The van der Waals surface area contributed by atoms with E-state index in [1.165, 1.54) is 24.1 Å². The molecule has 0 aromatic heterocycles. The molecule has 2 aromatic carbocycles. The quantitative estimate of drug-likeness (QED) is 0.209. The summed E-state index contributed by atoms with van der Waals surface area (Å²) in [7, 11) is 1.46. The van der Waals surface area contributed by atoms with E-state index >= 15 is 0 Å². The Kier molecular flexibility index (Phi) is 8.08. The molecule has 1 aliphatic rings. The third-order valence-electron chi connectivity index (χ3n) is 5.14. The number of carboxylic acid groups (broad SMARTS) is 1. The molecule has 12 nitrogen and oxygen atoms in total. The number of nitrogens with zero attached hydrogens (tertiary/aromatic N) is 2. The number of esters is 1. The summed E-state index contributed by atoms with van der Waals surface area (Å²) in [4.78, 5) is 48.1. The van der Waals surface area contributed by atoms with Gasteiger partial charge in [-0.15, -0.1) is 0 Å². The Morgan fingerprint density at radius 3 is 2.69 bits per heavy atom. The molecule has 2 N–H and O–H groups in total. The summed E-state index contributed by atoms with van der Waals surface area (Å²) < 4.78 is 16.1. The van der Waals surface area contributed by atoms with E-state index in [0.717, 1.165) is 12.5 Å². The minimum atomic E-state index is -1.13. The number of amides is 1. The van der Waals surface area contributed by atoms with Gasteiger partial charge >= 0.3 is 11.9 Å². The van der Waals surface area contributed by atoms with Crippen molar-refractivity contribution in [1.82, 2.24) is 5.32 Å². The predicted octanol–water partition coefficient (Wildman–Crippen LogP) is 2.45. The van der Waals surface area contributed by atoms with E-state index in [4.69, 9.17) is 14.2 Å². The lowest BCUT2D eigenvalue weighted by molar-refractivity contribution is -0.384. The van der Waals surface area contributed by atoms with Gasteiger partial charge in [-0.25, -0.2) is 4.79 Å². The number of hydrogen-bond donors (Lipinski definition) is 2. The average Bonchev–Trinajstić information content (AvgIpc) is 2.81. The number of methoxy groups -OCH3 is 1. The number of carboxylic acids is 1. The van der Waals surface area contributed by atoms with E-state index in [-0.39, 0.29) is 24.5 Å². The van der Waals surface area contributed by atoms with Crippen molar-refractivity contribution in [2.75, 3.05) is 31.7 Å². The molecule has 1 aliphatic heterocycles. The number of ether oxygens (including phenoxy) is 3. The second kappa shape index (κ2) is 11.2. The number of carbonyl (C=O) groups is 3. The van der Waals surface area contributed by atoms with Crippen molar-refractivity contribution in [1.29, 1.82) is 0 Å². The maximum Gasteiger partial charge on any atom is 0.331 e. The van der Waals surface area contributed by atoms with Crippen LogP contribution in [0, 0.1) is 10.1 Å². The Balaban J connectivity index is 1.79. The first-order chi connectivity index (χ1) is 16.7. The summed E-state index contributed by atoms with van der Waals surface area (Å²) in [6.07, 6.45) is 0.401. The molecule has 35 heavy (non-hydrogen) atoms. The highest BCUT2D eigenvalue weighted by Gasteiger charge is 2.29. The Morgan fingerprint density at radius 2 is 2.03 bits per heavy atom. The summed E-state index contributed by atoms with van der Waals surface area (Å²) in [6.45, 7) is 1.89. The molecule has 3 rings (SSSR count). The number of aliphatic carboxylic acids is 1. The number of nitro groups is 1. The third kappa shape index (κ3) is 6.37. The molecule has 0 bridgehead atoms. The van der Waals surface area contributed by atoms with Gasteiger partial charge in [-0.05, 0) is 30.2 Å². The normalized spacial score (nSPS) is 13.3. The van der Waals surface area contributed by atoms with E-state index < -0.39 is 35.2 Å². The first-order valence-electron chi connectivity index (χ1n) is 10.8. The fourth-order valence-corrected chi connectivity index (χ4v) is 3.57. The SMILES string of the molecule is CCCOc1ccc(C(CC(=O)O)NC(=O)CN2CC(=O)Oc3cc([N+](=O)[O-])ccc32)cc1OC. The molecule has 0 saturated heterocycles. The van der Waals surface area contributed by atoms with Crippen LogP contribution in [0.1, 0.15) is 31.4 Å². The highest BCUT2D eigenvalue weighted by atomic mass is 16.6. The summed E-state index contributed by atoms with van der Waals surface area (Å²) in [5, 5.41) is 23.1. The van der Waals surface area contributed by atoms with Crippen molar-refractivity contribution in [3.8, 4) is 17.2 Å². The van der Waals surface area contributed by atoms with E-state index in [2.05, 4.69) is 5.32 Å².